The monoisotopic (exact) mass is 111 g/mol. The Balaban J connectivity index is 1.93. The summed E-state index contributed by atoms with van der Waals surface area (Å²) in [7, 11) is 3.47. The highest BCUT2D eigenvalue weighted by molar-refractivity contribution is 6.08. The van der Waals surface area contributed by atoms with Gasteiger partial charge in [0.1, 0.15) is 0 Å². The van der Waals surface area contributed by atoms with E-state index >= 15 is 0 Å². The molecule has 0 aromatic heterocycles. The molecule has 0 unspecified atom stereocenters. The van der Waals surface area contributed by atoms with Gasteiger partial charge in [0.15, 0.2) is 0 Å². The van der Waals surface area contributed by atoms with E-state index in [1.54, 1.807) is 0 Å². The molecular formula is C6H11Si. The van der Waals surface area contributed by atoms with Gasteiger partial charge in [-0.3, -0.25) is 0 Å². The average molecular weight is 111 g/mol. The van der Waals surface area contributed by atoms with E-state index in [4.69, 9.17) is 0 Å². The molecule has 1 saturated carbocycles. The number of hydrogen-bond donors (Lipinski definition) is 0. The summed E-state index contributed by atoms with van der Waals surface area (Å²) >= 11 is 0. The van der Waals surface area contributed by atoms with Crippen LogP contribution in [0.4, 0.5) is 0 Å². The molecule has 0 aliphatic heterocycles. The predicted octanol–water partition coefficient (Wildman–Crippen LogP) is 1.76. The molecule has 0 spiro atoms. The van der Waals surface area contributed by atoms with E-state index in [1.807, 2.05) is 0 Å². The third-order valence-electron chi connectivity index (χ3n) is 1.78. The predicted molar refractivity (Wildman–Crippen MR) is 32.5 cm³/mol. The van der Waals surface area contributed by atoms with Crippen LogP contribution in [-0.4, -0.2) is 10.2 Å². The molecule has 0 nitrogen and oxygen atoms in total. The Morgan fingerprint density at radius 3 is 2.29 bits per heavy atom. The summed E-state index contributed by atoms with van der Waals surface area (Å²) in [6.45, 7) is 0. The van der Waals surface area contributed by atoms with Gasteiger partial charge in [-0.1, -0.05) is 31.7 Å². The van der Waals surface area contributed by atoms with Crippen LogP contribution in [0.3, 0.4) is 0 Å². The lowest BCUT2D eigenvalue weighted by Crippen LogP contribution is -2.09. The fraction of sp³-hybridized carbons (Fsp3) is 1.00. The van der Waals surface area contributed by atoms with Crippen LogP contribution in [0.2, 0.25) is 6.04 Å². The quantitative estimate of drug-likeness (QED) is 0.476. The van der Waals surface area contributed by atoms with Gasteiger partial charge < -0.3 is 0 Å². The zero-order valence-electron chi connectivity index (χ0n) is 4.61. The summed E-state index contributed by atoms with van der Waals surface area (Å²) in [5.41, 5.74) is 0. The van der Waals surface area contributed by atoms with E-state index < -0.39 is 0 Å². The van der Waals surface area contributed by atoms with Gasteiger partial charge in [-0.05, 0) is 5.92 Å². The highest BCUT2D eigenvalue weighted by Gasteiger charge is 2.14. The molecular weight excluding hydrogens is 100 g/mol. The minimum absolute atomic E-state index is 1.08. The van der Waals surface area contributed by atoms with Crippen LogP contribution >= 0.6 is 0 Å². The molecule has 39 valence electrons. The van der Waals surface area contributed by atoms with Crippen LogP contribution < -0.4 is 0 Å². The van der Waals surface area contributed by atoms with Gasteiger partial charge in [-0.15, -0.1) is 0 Å². The van der Waals surface area contributed by atoms with Crippen molar-refractivity contribution >= 4 is 10.2 Å². The van der Waals surface area contributed by atoms with Crippen molar-refractivity contribution in [3.63, 3.8) is 0 Å². The molecule has 0 amide bonds. The molecule has 0 saturated heterocycles. The van der Waals surface area contributed by atoms with Crippen molar-refractivity contribution in [3.8, 4) is 0 Å². The molecule has 7 heavy (non-hydrogen) atoms. The first kappa shape index (κ1) is 5.36. The normalized spacial score (nSPS) is 21.9. The Hall–Kier alpha value is 0.217. The summed E-state index contributed by atoms with van der Waals surface area (Å²) < 4.78 is 0. The maximum absolute atomic E-state index is 3.47. The van der Waals surface area contributed by atoms with Crippen LogP contribution in [-0.2, 0) is 0 Å². The van der Waals surface area contributed by atoms with Crippen molar-refractivity contribution in [2.45, 2.75) is 31.7 Å². The van der Waals surface area contributed by atoms with Gasteiger partial charge in [-0.2, -0.15) is 0 Å². The molecule has 0 N–H and O–H groups in total. The third kappa shape index (κ3) is 1.30. The van der Waals surface area contributed by atoms with Gasteiger partial charge in [0.05, 0.1) is 0 Å². The molecule has 3 radical (unpaired) electrons. The Morgan fingerprint density at radius 1 is 1.43 bits per heavy atom. The average Bonchev–Trinajstić information content (AvgIpc) is 1.55. The smallest absolute Gasteiger partial charge is 0.0222 e. The van der Waals surface area contributed by atoms with Gasteiger partial charge >= 0.3 is 0 Å². The van der Waals surface area contributed by atoms with E-state index in [1.165, 1.54) is 31.7 Å². The van der Waals surface area contributed by atoms with Gasteiger partial charge in [0, 0.05) is 10.2 Å². The summed E-state index contributed by atoms with van der Waals surface area (Å²) in [5, 5.41) is 0. The van der Waals surface area contributed by atoms with E-state index in [9.17, 15) is 0 Å². The molecule has 0 atom stereocenters. The lowest BCUT2D eigenvalue weighted by molar-refractivity contribution is 0.307. The fourth-order valence-electron chi connectivity index (χ4n) is 0.986. The molecule has 0 bridgehead atoms. The molecule has 0 aromatic carbocycles. The van der Waals surface area contributed by atoms with E-state index in [0.29, 0.717) is 0 Å². The highest BCUT2D eigenvalue weighted by Crippen LogP contribution is 2.29. The largest absolute Gasteiger partial charge is 0.0635 e. The lowest BCUT2D eigenvalue weighted by atomic mass is 9.84. The summed E-state index contributed by atoms with van der Waals surface area (Å²) in [4.78, 5) is 0. The zero-order chi connectivity index (χ0) is 5.11. The maximum atomic E-state index is 3.47. The zero-order valence-corrected chi connectivity index (χ0v) is 5.61. The van der Waals surface area contributed by atoms with Crippen molar-refractivity contribution in [2.75, 3.05) is 0 Å². The Bertz CT molecular complexity index is 48.1. The Kier molecular flexibility index (Phi) is 1.92. The van der Waals surface area contributed by atoms with Gasteiger partial charge in [-0.25, -0.2) is 0 Å². The molecule has 1 aliphatic rings. The van der Waals surface area contributed by atoms with Crippen molar-refractivity contribution in [1.29, 1.82) is 0 Å². The van der Waals surface area contributed by atoms with Crippen molar-refractivity contribution in [2.24, 2.45) is 5.92 Å². The van der Waals surface area contributed by atoms with Gasteiger partial charge in [0.2, 0.25) is 0 Å². The van der Waals surface area contributed by atoms with Crippen molar-refractivity contribution in [1.82, 2.24) is 0 Å². The topological polar surface area (TPSA) is 0 Å². The van der Waals surface area contributed by atoms with Crippen LogP contribution in [0, 0.1) is 5.92 Å². The maximum Gasteiger partial charge on any atom is 0.0222 e. The van der Waals surface area contributed by atoms with Crippen LogP contribution in [0.25, 0.3) is 0 Å². The molecule has 1 aliphatic carbocycles. The van der Waals surface area contributed by atoms with Gasteiger partial charge in [0.25, 0.3) is 0 Å². The number of hydrogen-bond acceptors (Lipinski definition) is 0. The Labute approximate surface area is 48.7 Å². The molecule has 1 fully saturated rings. The second-order valence-electron chi connectivity index (χ2n) is 2.34. The van der Waals surface area contributed by atoms with Crippen LogP contribution in [0.15, 0.2) is 0 Å². The van der Waals surface area contributed by atoms with E-state index in [-0.39, 0.29) is 0 Å². The second kappa shape index (κ2) is 2.51. The first-order valence-corrected chi connectivity index (χ1v) is 3.79. The van der Waals surface area contributed by atoms with Crippen LogP contribution in [0.5, 0.6) is 0 Å². The van der Waals surface area contributed by atoms with Crippen molar-refractivity contribution < 1.29 is 0 Å². The van der Waals surface area contributed by atoms with E-state index in [2.05, 4.69) is 10.2 Å². The third-order valence-corrected chi connectivity index (χ3v) is 2.07. The van der Waals surface area contributed by atoms with Crippen molar-refractivity contribution in [3.05, 3.63) is 0 Å². The summed E-state index contributed by atoms with van der Waals surface area (Å²) in [6, 6.07) is 1.20. The minimum atomic E-state index is 1.08. The minimum Gasteiger partial charge on any atom is -0.0635 e. The molecule has 0 heterocycles. The van der Waals surface area contributed by atoms with E-state index in [0.717, 1.165) is 5.92 Å². The first-order chi connectivity index (χ1) is 3.43. The first-order valence-electron chi connectivity index (χ1n) is 3.08. The SMILES string of the molecule is [Si]CCC1CCC1. The fourth-order valence-corrected chi connectivity index (χ4v) is 1.39. The molecule has 0 aromatic rings. The Morgan fingerprint density at radius 2 is 2.14 bits per heavy atom. The molecule has 1 heteroatoms. The second-order valence-corrected chi connectivity index (χ2v) is 2.84. The van der Waals surface area contributed by atoms with Crippen LogP contribution in [0.1, 0.15) is 25.7 Å². The number of rotatable bonds is 2. The lowest BCUT2D eigenvalue weighted by Gasteiger charge is -2.24. The highest BCUT2D eigenvalue weighted by atomic mass is 28.1. The summed E-state index contributed by atoms with van der Waals surface area (Å²) in [5.74, 6) is 1.08. The summed E-state index contributed by atoms with van der Waals surface area (Å²) in [6.07, 6.45) is 5.86. The molecule has 1 rings (SSSR count). The standard InChI is InChI=1S/C6H11Si/c7-5-4-6-2-1-3-6/h6H,1-5H2.